The third-order valence-corrected chi connectivity index (χ3v) is 5.48. The summed E-state index contributed by atoms with van der Waals surface area (Å²) in [6.45, 7) is 0.815. The molecule has 0 saturated carbocycles. The molecule has 0 saturated heterocycles. The Morgan fingerprint density at radius 1 is 1.17 bits per heavy atom. The lowest BCUT2D eigenvalue weighted by Gasteiger charge is -2.27. The molecule has 0 bridgehead atoms. The zero-order chi connectivity index (χ0) is 17.3. The highest BCUT2D eigenvalue weighted by Gasteiger charge is 2.23. The molecule has 0 atom stereocenters. The number of sulfonamides is 1. The number of fused-ring (bicyclic) bond motifs is 1. The van der Waals surface area contributed by atoms with E-state index in [0.29, 0.717) is 35.8 Å². The predicted molar refractivity (Wildman–Crippen MR) is 94.8 cm³/mol. The first-order valence-corrected chi connectivity index (χ1v) is 9.69. The molecule has 7 heteroatoms. The number of nitrogens with zero attached hydrogens (tertiary/aromatic N) is 1. The van der Waals surface area contributed by atoms with Gasteiger partial charge in [0.25, 0.3) is 5.91 Å². The van der Waals surface area contributed by atoms with Gasteiger partial charge in [-0.15, -0.1) is 0 Å². The lowest BCUT2D eigenvalue weighted by atomic mass is 10.0. The molecule has 1 heterocycles. The number of nitrogens with one attached hydrogen (secondary N) is 1. The maximum atomic E-state index is 12.3. The van der Waals surface area contributed by atoms with Crippen LogP contribution in [0.2, 0.25) is 5.02 Å². The number of hydrogen-bond donors (Lipinski definition) is 1. The van der Waals surface area contributed by atoms with Crippen molar-refractivity contribution in [3.63, 3.8) is 0 Å². The fourth-order valence-electron chi connectivity index (χ4n) is 2.73. The lowest BCUT2D eigenvalue weighted by molar-refractivity contribution is 0.102. The van der Waals surface area contributed by atoms with Crippen LogP contribution in [-0.2, 0) is 23.0 Å². The van der Waals surface area contributed by atoms with Crippen molar-refractivity contribution in [2.45, 2.75) is 13.0 Å². The van der Waals surface area contributed by atoms with E-state index in [1.165, 1.54) is 10.6 Å². The summed E-state index contributed by atoms with van der Waals surface area (Å²) >= 11 is 5.90. The smallest absolute Gasteiger partial charge is 0.255 e. The summed E-state index contributed by atoms with van der Waals surface area (Å²) in [5.41, 5.74) is 3.12. The summed E-state index contributed by atoms with van der Waals surface area (Å²) in [4.78, 5) is 12.3. The van der Waals surface area contributed by atoms with Crippen LogP contribution in [0.25, 0.3) is 0 Å². The normalized spacial score (nSPS) is 14.9. The van der Waals surface area contributed by atoms with Crippen molar-refractivity contribution in [1.29, 1.82) is 0 Å². The van der Waals surface area contributed by atoms with Gasteiger partial charge in [0.2, 0.25) is 10.0 Å². The van der Waals surface area contributed by atoms with Gasteiger partial charge in [0.15, 0.2) is 0 Å². The van der Waals surface area contributed by atoms with Crippen LogP contribution in [0.1, 0.15) is 21.5 Å². The fraction of sp³-hybridized carbons (Fsp3) is 0.235. The highest BCUT2D eigenvalue weighted by molar-refractivity contribution is 7.88. The van der Waals surface area contributed by atoms with Gasteiger partial charge in [-0.3, -0.25) is 4.79 Å². The quantitative estimate of drug-likeness (QED) is 0.910. The highest BCUT2D eigenvalue weighted by Crippen LogP contribution is 2.24. The van der Waals surface area contributed by atoms with E-state index in [9.17, 15) is 13.2 Å². The Labute approximate surface area is 146 Å². The summed E-state index contributed by atoms with van der Waals surface area (Å²) in [6, 6.07) is 12.3. The minimum atomic E-state index is -3.22. The maximum absolute atomic E-state index is 12.3. The molecule has 0 aliphatic carbocycles. The van der Waals surface area contributed by atoms with E-state index in [1.54, 1.807) is 24.3 Å². The first-order chi connectivity index (χ1) is 11.3. The van der Waals surface area contributed by atoms with E-state index in [0.717, 1.165) is 11.1 Å². The molecule has 24 heavy (non-hydrogen) atoms. The van der Waals surface area contributed by atoms with Crippen molar-refractivity contribution in [3.8, 4) is 0 Å². The average molecular weight is 365 g/mol. The Morgan fingerprint density at radius 3 is 2.67 bits per heavy atom. The summed E-state index contributed by atoms with van der Waals surface area (Å²) < 4.78 is 24.9. The zero-order valence-corrected chi connectivity index (χ0v) is 14.7. The van der Waals surface area contributed by atoms with Crippen LogP contribution in [0, 0.1) is 0 Å². The van der Waals surface area contributed by atoms with E-state index < -0.39 is 10.0 Å². The molecule has 0 radical (unpaired) electrons. The molecular formula is C17H17ClN2O3S. The van der Waals surface area contributed by atoms with Gasteiger partial charge >= 0.3 is 0 Å². The van der Waals surface area contributed by atoms with Crippen LogP contribution in [0.4, 0.5) is 5.69 Å². The average Bonchev–Trinajstić information content (AvgIpc) is 2.53. The number of benzene rings is 2. The molecule has 5 nitrogen and oxygen atoms in total. The summed E-state index contributed by atoms with van der Waals surface area (Å²) in [5, 5.41) is 3.32. The van der Waals surface area contributed by atoms with E-state index >= 15 is 0 Å². The Morgan fingerprint density at radius 2 is 1.96 bits per heavy atom. The Balaban J connectivity index is 1.80. The molecule has 0 unspecified atom stereocenters. The van der Waals surface area contributed by atoms with Gasteiger partial charge in [-0.05, 0) is 47.9 Å². The van der Waals surface area contributed by atoms with Crippen LogP contribution in [0.5, 0.6) is 0 Å². The van der Waals surface area contributed by atoms with Crippen LogP contribution < -0.4 is 5.32 Å². The van der Waals surface area contributed by atoms with Crippen LogP contribution >= 0.6 is 11.6 Å². The standard InChI is InChI=1S/C17H17ClN2O3S/c1-24(22,23)20-8-7-12-5-6-16(10-14(12)11-20)19-17(21)13-3-2-4-15(18)9-13/h2-6,9-10H,7-8,11H2,1H3,(H,19,21). The molecule has 0 spiro atoms. The molecule has 126 valence electrons. The predicted octanol–water partition coefficient (Wildman–Crippen LogP) is 2.91. The number of halogens is 1. The Bertz CT molecular complexity index is 896. The molecule has 1 amide bonds. The number of carbonyl (C=O) groups excluding carboxylic acids is 1. The molecule has 0 fully saturated rings. The topological polar surface area (TPSA) is 66.5 Å². The van der Waals surface area contributed by atoms with E-state index in [4.69, 9.17) is 11.6 Å². The third kappa shape index (κ3) is 3.77. The monoisotopic (exact) mass is 364 g/mol. The molecule has 0 aromatic heterocycles. The van der Waals surface area contributed by atoms with E-state index in [2.05, 4.69) is 5.32 Å². The van der Waals surface area contributed by atoms with Crippen LogP contribution in [0.3, 0.4) is 0 Å². The zero-order valence-electron chi connectivity index (χ0n) is 13.1. The number of rotatable bonds is 3. The van der Waals surface area contributed by atoms with Crippen molar-refractivity contribution < 1.29 is 13.2 Å². The largest absolute Gasteiger partial charge is 0.322 e. The molecule has 1 N–H and O–H groups in total. The summed E-state index contributed by atoms with van der Waals surface area (Å²) in [5.74, 6) is -0.256. The number of hydrogen-bond acceptors (Lipinski definition) is 3. The second-order valence-corrected chi connectivity index (χ2v) is 8.21. The third-order valence-electron chi connectivity index (χ3n) is 4.00. The number of anilines is 1. The Kier molecular flexibility index (Phi) is 4.62. The summed E-state index contributed by atoms with van der Waals surface area (Å²) in [7, 11) is -3.22. The molecule has 3 rings (SSSR count). The van der Waals surface area contributed by atoms with E-state index in [-0.39, 0.29) is 5.91 Å². The second kappa shape index (κ2) is 6.55. The van der Waals surface area contributed by atoms with Gasteiger partial charge in [-0.2, -0.15) is 4.31 Å². The summed E-state index contributed by atoms with van der Waals surface area (Å²) in [6.07, 6.45) is 1.88. The number of carbonyl (C=O) groups is 1. The van der Waals surface area contributed by atoms with Crippen molar-refractivity contribution in [2.24, 2.45) is 0 Å². The molecule has 2 aromatic rings. The van der Waals surface area contributed by atoms with Gasteiger partial charge in [0.1, 0.15) is 0 Å². The molecular weight excluding hydrogens is 348 g/mol. The van der Waals surface area contributed by atoms with Gasteiger partial charge in [-0.25, -0.2) is 8.42 Å². The van der Waals surface area contributed by atoms with Crippen LogP contribution in [-0.4, -0.2) is 31.4 Å². The van der Waals surface area contributed by atoms with Gasteiger partial charge in [0, 0.05) is 29.4 Å². The van der Waals surface area contributed by atoms with Crippen LogP contribution in [0.15, 0.2) is 42.5 Å². The second-order valence-electron chi connectivity index (χ2n) is 5.79. The fourth-order valence-corrected chi connectivity index (χ4v) is 3.71. The van der Waals surface area contributed by atoms with Gasteiger partial charge in [0.05, 0.1) is 6.26 Å². The minimum Gasteiger partial charge on any atom is -0.322 e. The first kappa shape index (κ1) is 17.0. The van der Waals surface area contributed by atoms with Crippen molar-refractivity contribution in [3.05, 3.63) is 64.2 Å². The number of amides is 1. The Hall–Kier alpha value is -1.89. The van der Waals surface area contributed by atoms with Crippen molar-refractivity contribution in [1.82, 2.24) is 4.31 Å². The van der Waals surface area contributed by atoms with Crippen molar-refractivity contribution in [2.75, 3.05) is 18.1 Å². The molecule has 1 aliphatic rings. The van der Waals surface area contributed by atoms with Gasteiger partial charge < -0.3 is 5.32 Å². The van der Waals surface area contributed by atoms with Crippen molar-refractivity contribution >= 4 is 33.2 Å². The molecule has 1 aliphatic heterocycles. The maximum Gasteiger partial charge on any atom is 0.255 e. The highest BCUT2D eigenvalue weighted by atomic mass is 35.5. The first-order valence-electron chi connectivity index (χ1n) is 7.47. The minimum absolute atomic E-state index is 0.256. The van der Waals surface area contributed by atoms with Gasteiger partial charge in [-0.1, -0.05) is 23.7 Å². The van der Waals surface area contributed by atoms with E-state index in [1.807, 2.05) is 18.2 Å². The lowest BCUT2D eigenvalue weighted by Crippen LogP contribution is -2.35. The SMILES string of the molecule is CS(=O)(=O)N1CCc2ccc(NC(=O)c3cccc(Cl)c3)cc2C1. The molecule has 2 aromatic carbocycles.